The number of carboxylic acid groups (broad SMARTS) is 1. The van der Waals surface area contributed by atoms with Gasteiger partial charge in [0, 0.05) is 12.6 Å². The van der Waals surface area contributed by atoms with Crippen LogP contribution in [0.3, 0.4) is 0 Å². The van der Waals surface area contributed by atoms with Gasteiger partial charge >= 0.3 is 18.2 Å². The highest BCUT2D eigenvalue weighted by Crippen LogP contribution is 2.18. The van der Waals surface area contributed by atoms with Gasteiger partial charge in [-0.05, 0) is 20.8 Å². The Morgan fingerprint density at radius 1 is 1.28 bits per heavy atom. The van der Waals surface area contributed by atoms with Crippen LogP contribution in [0.4, 0.5) is 18.0 Å². The van der Waals surface area contributed by atoms with Gasteiger partial charge in [0.05, 0.1) is 0 Å². The van der Waals surface area contributed by atoms with Gasteiger partial charge in [-0.15, -0.1) is 0 Å². The number of carbonyl (C=O) groups excluding carboxylic acids is 1. The topological polar surface area (TPSA) is 60.9 Å². The molecule has 0 heterocycles. The van der Waals surface area contributed by atoms with Gasteiger partial charge in [0.15, 0.2) is 0 Å². The summed E-state index contributed by atoms with van der Waals surface area (Å²) in [4.78, 5) is 23.8. The van der Waals surface area contributed by atoms with Crippen LogP contribution in [0.25, 0.3) is 0 Å². The fraction of sp³-hybridized carbons (Fsp3) is 0.800. The summed E-state index contributed by atoms with van der Waals surface area (Å²) < 4.78 is 36.8. The van der Waals surface area contributed by atoms with E-state index in [0.29, 0.717) is 0 Å². The van der Waals surface area contributed by atoms with Crippen molar-refractivity contribution in [1.29, 1.82) is 0 Å². The van der Waals surface area contributed by atoms with Crippen molar-refractivity contribution in [3.05, 3.63) is 0 Å². The summed E-state index contributed by atoms with van der Waals surface area (Å²) in [5.41, 5.74) is 0. The Bertz CT molecular complexity index is 305. The maximum atomic E-state index is 12.3. The highest BCUT2D eigenvalue weighted by atomic mass is 19.4. The number of rotatable bonds is 5. The minimum atomic E-state index is -4.62. The van der Waals surface area contributed by atoms with Crippen LogP contribution in [-0.2, 0) is 4.79 Å². The second kappa shape index (κ2) is 6.46. The maximum Gasteiger partial charge on any atom is 0.406 e. The molecule has 0 rings (SSSR count). The van der Waals surface area contributed by atoms with Crippen molar-refractivity contribution in [3.8, 4) is 0 Å². The molecular formula is C10H17F3N2O3. The van der Waals surface area contributed by atoms with Gasteiger partial charge < -0.3 is 14.9 Å². The second-order valence-corrected chi connectivity index (χ2v) is 4.03. The summed E-state index contributed by atoms with van der Waals surface area (Å²) in [5.74, 6) is -1.48. The third-order valence-corrected chi connectivity index (χ3v) is 2.18. The van der Waals surface area contributed by atoms with E-state index in [1.807, 2.05) is 0 Å². The third kappa shape index (κ3) is 5.74. The van der Waals surface area contributed by atoms with Crippen LogP contribution in [0.2, 0.25) is 0 Å². The maximum absolute atomic E-state index is 12.3. The number of aliphatic carboxylic acids is 1. The van der Waals surface area contributed by atoms with Gasteiger partial charge in [-0.2, -0.15) is 13.2 Å². The van der Waals surface area contributed by atoms with Crippen molar-refractivity contribution < 1.29 is 27.9 Å². The van der Waals surface area contributed by atoms with Crippen molar-refractivity contribution >= 4 is 12.0 Å². The summed E-state index contributed by atoms with van der Waals surface area (Å²) in [7, 11) is 0. The molecule has 0 aromatic rings. The molecule has 0 aromatic carbocycles. The molecule has 0 atom stereocenters. The van der Waals surface area contributed by atoms with Gasteiger partial charge in [-0.3, -0.25) is 4.79 Å². The number of alkyl halides is 3. The second-order valence-electron chi connectivity index (χ2n) is 4.03. The first-order chi connectivity index (χ1) is 8.08. The zero-order valence-corrected chi connectivity index (χ0v) is 10.5. The van der Waals surface area contributed by atoms with Gasteiger partial charge in [-0.1, -0.05) is 0 Å². The number of hydrogen-bond donors (Lipinski definition) is 1. The molecule has 0 aliphatic heterocycles. The average Bonchev–Trinajstić information content (AvgIpc) is 2.13. The predicted octanol–water partition coefficient (Wildman–Crippen LogP) is 1.79. The number of amides is 2. The van der Waals surface area contributed by atoms with Crippen LogP contribution >= 0.6 is 0 Å². The van der Waals surface area contributed by atoms with Crippen molar-refractivity contribution in [2.75, 3.05) is 19.6 Å². The zero-order valence-electron chi connectivity index (χ0n) is 10.5. The summed E-state index contributed by atoms with van der Waals surface area (Å²) in [5, 5.41) is 8.54. The normalized spacial score (nSPS) is 11.5. The molecule has 0 radical (unpaired) electrons. The molecule has 0 saturated carbocycles. The largest absolute Gasteiger partial charge is 0.480 e. The smallest absolute Gasteiger partial charge is 0.406 e. The lowest BCUT2D eigenvalue weighted by atomic mass is 10.3. The lowest BCUT2D eigenvalue weighted by molar-refractivity contribution is -0.150. The van der Waals surface area contributed by atoms with Crippen molar-refractivity contribution in [1.82, 2.24) is 9.80 Å². The Hall–Kier alpha value is -1.47. The van der Waals surface area contributed by atoms with E-state index in [1.54, 1.807) is 20.8 Å². The zero-order chi connectivity index (χ0) is 14.5. The minimum Gasteiger partial charge on any atom is -0.480 e. The number of carbonyl (C=O) groups is 2. The van der Waals surface area contributed by atoms with E-state index in [1.165, 1.54) is 4.90 Å². The molecule has 5 nitrogen and oxygen atoms in total. The quantitative estimate of drug-likeness (QED) is 0.828. The minimum absolute atomic E-state index is 0.213. The summed E-state index contributed by atoms with van der Waals surface area (Å²) in [6, 6.07) is -1.22. The molecule has 0 spiro atoms. The Labute approximate surface area is 103 Å². The van der Waals surface area contributed by atoms with Crippen LogP contribution < -0.4 is 0 Å². The van der Waals surface area contributed by atoms with Crippen LogP contribution in [-0.4, -0.2) is 58.8 Å². The van der Waals surface area contributed by atoms with Crippen molar-refractivity contribution in [2.24, 2.45) is 0 Å². The van der Waals surface area contributed by atoms with E-state index < -0.39 is 31.3 Å². The highest BCUT2D eigenvalue weighted by molar-refractivity contribution is 5.80. The molecule has 0 aliphatic carbocycles. The molecule has 0 unspecified atom stereocenters. The van der Waals surface area contributed by atoms with E-state index in [4.69, 9.17) is 5.11 Å². The molecule has 0 aromatic heterocycles. The van der Waals surface area contributed by atoms with Crippen LogP contribution in [0.15, 0.2) is 0 Å². The highest BCUT2D eigenvalue weighted by Gasteiger charge is 2.35. The Morgan fingerprint density at radius 3 is 2.06 bits per heavy atom. The number of hydrogen-bond acceptors (Lipinski definition) is 2. The fourth-order valence-corrected chi connectivity index (χ4v) is 1.47. The summed E-state index contributed by atoms with van der Waals surface area (Å²) in [6.45, 7) is 2.58. The first kappa shape index (κ1) is 16.5. The molecule has 0 aliphatic rings. The lowest BCUT2D eigenvalue weighted by Crippen LogP contribution is -2.50. The summed E-state index contributed by atoms with van der Waals surface area (Å²) in [6.07, 6.45) is -4.62. The molecule has 0 bridgehead atoms. The first-order valence-corrected chi connectivity index (χ1v) is 5.42. The van der Waals surface area contributed by atoms with E-state index in [9.17, 15) is 22.8 Å². The average molecular weight is 270 g/mol. The van der Waals surface area contributed by atoms with Crippen LogP contribution in [0, 0.1) is 0 Å². The van der Waals surface area contributed by atoms with E-state index >= 15 is 0 Å². The predicted molar refractivity (Wildman–Crippen MR) is 58.2 cm³/mol. The Kier molecular flexibility index (Phi) is 5.93. The molecule has 18 heavy (non-hydrogen) atoms. The molecular weight excluding hydrogens is 253 g/mol. The van der Waals surface area contributed by atoms with Gasteiger partial charge in [-0.25, -0.2) is 4.79 Å². The van der Waals surface area contributed by atoms with Gasteiger partial charge in [0.2, 0.25) is 0 Å². The standard InChI is InChI=1S/C10H17F3N2O3/c1-4-15(7(2)3)9(18)14(5-8(16)17)6-10(11,12)13/h7H,4-6H2,1-3H3,(H,16,17). The monoisotopic (exact) mass is 270 g/mol. The van der Waals surface area contributed by atoms with E-state index in [-0.39, 0.29) is 17.5 Å². The van der Waals surface area contributed by atoms with Crippen LogP contribution in [0.5, 0.6) is 0 Å². The Balaban J connectivity index is 4.94. The van der Waals surface area contributed by atoms with E-state index in [0.717, 1.165) is 0 Å². The third-order valence-electron chi connectivity index (χ3n) is 2.18. The molecule has 1 N–H and O–H groups in total. The first-order valence-electron chi connectivity index (χ1n) is 5.42. The molecule has 0 saturated heterocycles. The molecule has 2 amide bonds. The number of carboxylic acids is 1. The van der Waals surface area contributed by atoms with Gasteiger partial charge in [0.25, 0.3) is 0 Å². The van der Waals surface area contributed by atoms with Gasteiger partial charge in [0.1, 0.15) is 13.1 Å². The van der Waals surface area contributed by atoms with E-state index in [2.05, 4.69) is 0 Å². The SMILES string of the molecule is CCN(C(=O)N(CC(=O)O)CC(F)(F)F)C(C)C. The summed E-state index contributed by atoms with van der Waals surface area (Å²) >= 11 is 0. The fourth-order valence-electron chi connectivity index (χ4n) is 1.47. The number of halogens is 3. The molecule has 8 heteroatoms. The Morgan fingerprint density at radius 2 is 1.78 bits per heavy atom. The molecule has 0 fully saturated rings. The van der Waals surface area contributed by atoms with Crippen molar-refractivity contribution in [2.45, 2.75) is 33.0 Å². The number of urea groups is 1. The van der Waals surface area contributed by atoms with Crippen molar-refractivity contribution in [3.63, 3.8) is 0 Å². The van der Waals surface area contributed by atoms with Crippen LogP contribution in [0.1, 0.15) is 20.8 Å². The number of nitrogens with zero attached hydrogens (tertiary/aromatic N) is 2. The lowest BCUT2D eigenvalue weighted by Gasteiger charge is -2.32. The molecule has 106 valence electrons.